The fourth-order valence-electron chi connectivity index (χ4n) is 2.41. The fourth-order valence-corrected chi connectivity index (χ4v) is 2.41. The first-order chi connectivity index (χ1) is 10.2. The molecule has 1 saturated heterocycles. The van der Waals surface area contributed by atoms with Crippen molar-refractivity contribution >= 4 is 5.91 Å². The number of nitrogens with zero attached hydrogens (tertiary/aromatic N) is 2. The van der Waals surface area contributed by atoms with Crippen LogP contribution in [0.2, 0.25) is 0 Å². The Labute approximate surface area is 125 Å². The summed E-state index contributed by atoms with van der Waals surface area (Å²) < 4.78 is 0. The number of rotatable bonds is 3. The van der Waals surface area contributed by atoms with Gasteiger partial charge in [-0.2, -0.15) is 0 Å². The van der Waals surface area contributed by atoms with Crippen LogP contribution >= 0.6 is 0 Å². The highest BCUT2D eigenvalue weighted by Gasteiger charge is 2.19. The molecule has 0 bridgehead atoms. The molecule has 2 N–H and O–H groups in total. The van der Waals surface area contributed by atoms with Gasteiger partial charge in [0.05, 0.1) is 12.2 Å². The Morgan fingerprint density at radius 3 is 3.19 bits per heavy atom. The van der Waals surface area contributed by atoms with E-state index in [-0.39, 0.29) is 18.6 Å². The number of aliphatic hydroxyl groups excluding tert-OH is 1. The molecule has 21 heavy (non-hydrogen) atoms. The van der Waals surface area contributed by atoms with Gasteiger partial charge in [0.15, 0.2) is 0 Å². The van der Waals surface area contributed by atoms with Gasteiger partial charge in [0.25, 0.3) is 5.91 Å². The number of pyridine rings is 1. The second-order valence-corrected chi connectivity index (χ2v) is 5.31. The summed E-state index contributed by atoms with van der Waals surface area (Å²) in [6.07, 6.45) is 5.71. The molecule has 0 saturated carbocycles. The van der Waals surface area contributed by atoms with E-state index < -0.39 is 0 Å². The van der Waals surface area contributed by atoms with Crippen molar-refractivity contribution in [2.45, 2.75) is 25.3 Å². The molecule has 1 unspecified atom stereocenters. The minimum absolute atomic E-state index is 0.0375. The van der Waals surface area contributed by atoms with Crippen LogP contribution in [0.1, 0.15) is 35.2 Å². The van der Waals surface area contributed by atoms with Crippen LogP contribution in [0, 0.1) is 11.8 Å². The van der Waals surface area contributed by atoms with E-state index in [1.807, 2.05) is 0 Å². The molecule has 1 aliphatic heterocycles. The number of piperidine rings is 1. The molecule has 1 amide bonds. The lowest BCUT2D eigenvalue weighted by atomic mass is 10.1. The molecule has 2 heterocycles. The van der Waals surface area contributed by atoms with E-state index in [1.165, 1.54) is 0 Å². The van der Waals surface area contributed by atoms with Crippen molar-refractivity contribution in [3.8, 4) is 11.8 Å². The minimum Gasteiger partial charge on any atom is -0.395 e. The fraction of sp³-hybridized carbons (Fsp3) is 0.500. The van der Waals surface area contributed by atoms with Gasteiger partial charge in [-0.15, -0.1) is 0 Å². The van der Waals surface area contributed by atoms with E-state index in [0.29, 0.717) is 17.5 Å². The Balaban J connectivity index is 1.99. The largest absolute Gasteiger partial charge is 0.395 e. The summed E-state index contributed by atoms with van der Waals surface area (Å²) in [4.78, 5) is 18.5. The zero-order valence-corrected chi connectivity index (χ0v) is 12.3. The van der Waals surface area contributed by atoms with Crippen LogP contribution in [0.5, 0.6) is 0 Å². The maximum absolute atomic E-state index is 12.2. The minimum atomic E-state index is -0.103. The molecular weight excluding hydrogens is 266 g/mol. The summed E-state index contributed by atoms with van der Waals surface area (Å²) in [6.45, 7) is 2.01. The van der Waals surface area contributed by atoms with Crippen molar-refractivity contribution in [2.24, 2.45) is 0 Å². The zero-order valence-electron chi connectivity index (χ0n) is 12.3. The lowest BCUT2D eigenvalue weighted by molar-refractivity contribution is 0.0912. The Morgan fingerprint density at radius 2 is 2.43 bits per heavy atom. The monoisotopic (exact) mass is 287 g/mol. The van der Waals surface area contributed by atoms with Crippen molar-refractivity contribution in [1.82, 2.24) is 15.2 Å². The number of amides is 1. The molecule has 1 aromatic rings. The van der Waals surface area contributed by atoms with Gasteiger partial charge in [0.1, 0.15) is 0 Å². The number of carbonyl (C=O) groups excluding carboxylic acids is 1. The number of aliphatic hydroxyl groups is 1. The van der Waals surface area contributed by atoms with Gasteiger partial charge in [-0.1, -0.05) is 11.8 Å². The topological polar surface area (TPSA) is 65.5 Å². The highest BCUT2D eigenvalue weighted by atomic mass is 16.2. The number of nitrogens with one attached hydrogen (secondary N) is 1. The van der Waals surface area contributed by atoms with E-state index in [4.69, 9.17) is 5.11 Å². The number of likely N-dealkylation sites (N-methyl/N-ethyl adjacent to an activating group) is 1. The quantitative estimate of drug-likeness (QED) is 0.801. The Bertz CT molecular complexity index is 548. The lowest BCUT2D eigenvalue weighted by Crippen LogP contribution is -2.46. The normalized spacial score (nSPS) is 18.7. The molecule has 0 radical (unpaired) electrons. The number of carbonyl (C=O) groups is 1. The SMILES string of the molecule is CN1CCCC(NC(=O)c2cncc(C#CCCO)c2)C1. The second-order valence-electron chi connectivity index (χ2n) is 5.31. The summed E-state index contributed by atoms with van der Waals surface area (Å²) in [6, 6.07) is 1.93. The third-order valence-corrected chi connectivity index (χ3v) is 3.43. The van der Waals surface area contributed by atoms with Gasteiger partial charge in [0, 0.05) is 37.0 Å². The molecule has 1 aliphatic rings. The molecule has 5 heteroatoms. The van der Waals surface area contributed by atoms with Crippen LogP contribution in [0.4, 0.5) is 0 Å². The first-order valence-electron chi connectivity index (χ1n) is 7.23. The summed E-state index contributed by atoms with van der Waals surface area (Å²) in [5.74, 6) is 5.61. The predicted molar refractivity (Wildman–Crippen MR) is 80.8 cm³/mol. The molecule has 112 valence electrons. The van der Waals surface area contributed by atoms with Crippen LogP contribution in [0.25, 0.3) is 0 Å². The Hall–Kier alpha value is -1.90. The van der Waals surface area contributed by atoms with Gasteiger partial charge in [-0.25, -0.2) is 0 Å². The summed E-state index contributed by atoms with van der Waals surface area (Å²) in [5, 5.41) is 11.8. The van der Waals surface area contributed by atoms with Crippen molar-refractivity contribution in [3.63, 3.8) is 0 Å². The smallest absolute Gasteiger partial charge is 0.253 e. The molecule has 0 aromatic carbocycles. The number of hydrogen-bond acceptors (Lipinski definition) is 4. The van der Waals surface area contributed by atoms with Crippen molar-refractivity contribution < 1.29 is 9.90 Å². The lowest BCUT2D eigenvalue weighted by Gasteiger charge is -2.30. The first kappa shape index (κ1) is 15.5. The summed E-state index contributed by atoms with van der Waals surface area (Å²) >= 11 is 0. The van der Waals surface area contributed by atoms with E-state index >= 15 is 0 Å². The van der Waals surface area contributed by atoms with Gasteiger partial charge < -0.3 is 15.3 Å². The third-order valence-electron chi connectivity index (χ3n) is 3.43. The van der Waals surface area contributed by atoms with E-state index in [0.717, 1.165) is 25.9 Å². The Morgan fingerprint density at radius 1 is 1.57 bits per heavy atom. The molecule has 5 nitrogen and oxygen atoms in total. The average molecular weight is 287 g/mol. The molecule has 1 aromatic heterocycles. The van der Waals surface area contributed by atoms with E-state index in [2.05, 4.69) is 34.1 Å². The molecule has 2 rings (SSSR count). The number of aromatic nitrogens is 1. The maximum atomic E-state index is 12.2. The highest BCUT2D eigenvalue weighted by Crippen LogP contribution is 2.09. The Kier molecular flexibility index (Phi) is 5.73. The predicted octanol–water partition coefficient (Wildman–Crippen LogP) is 0.639. The highest BCUT2D eigenvalue weighted by molar-refractivity contribution is 5.94. The number of hydrogen-bond donors (Lipinski definition) is 2. The molecule has 1 fully saturated rings. The van der Waals surface area contributed by atoms with Crippen molar-refractivity contribution in [2.75, 3.05) is 26.7 Å². The first-order valence-corrected chi connectivity index (χ1v) is 7.23. The number of likely N-dealkylation sites (tertiary alicyclic amines) is 1. The second kappa shape index (κ2) is 7.77. The van der Waals surface area contributed by atoms with Gasteiger partial charge in [-0.3, -0.25) is 9.78 Å². The summed E-state index contributed by atoms with van der Waals surface area (Å²) in [7, 11) is 2.07. The van der Waals surface area contributed by atoms with Crippen molar-refractivity contribution in [1.29, 1.82) is 0 Å². The molecule has 1 atom stereocenters. The van der Waals surface area contributed by atoms with Gasteiger partial charge in [0.2, 0.25) is 0 Å². The third kappa shape index (κ3) is 4.85. The molecule has 0 spiro atoms. The van der Waals surface area contributed by atoms with Crippen molar-refractivity contribution in [3.05, 3.63) is 29.6 Å². The van der Waals surface area contributed by atoms with Gasteiger partial charge >= 0.3 is 0 Å². The zero-order chi connectivity index (χ0) is 15.1. The molecular formula is C16H21N3O2. The van der Waals surface area contributed by atoms with Crippen LogP contribution in [0.3, 0.4) is 0 Å². The van der Waals surface area contributed by atoms with Crippen LogP contribution < -0.4 is 5.32 Å². The maximum Gasteiger partial charge on any atom is 0.253 e. The van der Waals surface area contributed by atoms with E-state index in [1.54, 1.807) is 18.5 Å². The van der Waals surface area contributed by atoms with Gasteiger partial charge in [-0.05, 0) is 32.5 Å². The van der Waals surface area contributed by atoms with Crippen LogP contribution in [-0.4, -0.2) is 53.7 Å². The van der Waals surface area contributed by atoms with Crippen LogP contribution in [0.15, 0.2) is 18.5 Å². The van der Waals surface area contributed by atoms with Crippen LogP contribution in [-0.2, 0) is 0 Å². The van der Waals surface area contributed by atoms with E-state index in [9.17, 15) is 4.79 Å². The average Bonchev–Trinajstić information content (AvgIpc) is 2.48. The molecule has 0 aliphatic carbocycles. The standard InChI is InChI=1S/C16H21N3O2/c1-19-7-4-6-15(12-19)18-16(21)14-9-13(10-17-11-14)5-2-3-8-20/h9-11,15,20H,3-4,6-8,12H2,1H3,(H,18,21). The summed E-state index contributed by atoms with van der Waals surface area (Å²) in [5.41, 5.74) is 1.22.